The number of halogens is 2. The summed E-state index contributed by atoms with van der Waals surface area (Å²) in [5.41, 5.74) is 2.73. The number of ether oxygens (including phenoxy) is 1. The highest BCUT2D eigenvalue weighted by Crippen LogP contribution is 2.30. The molecule has 0 atom stereocenters. The molecule has 1 aliphatic rings. The van der Waals surface area contributed by atoms with Gasteiger partial charge in [0, 0.05) is 24.5 Å². The fourth-order valence-corrected chi connectivity index (χ4v) is 3.87. The molecule has 0 unspecified atom stereocenters. The zero-order chi connectivity index (χ0) is 17.9. The Morgan fingerprint density at radius 2 is 1.96 bits per heavy atom. The Labute approximate surface area is 166 Å². The number of rotatable bonds is 5. The lowest BCUT2D eigenvalue weighted by atomic mass is 10.1. The zero-order valence-electron chi connectivity index (χ0n) is 14.4. The van der Waals surface area contributed by atoms with Gasteiger partial charge in [0.2, 0.25) is 0 Å². The number of fused-ring (bicyclic) bond motifs is 1. The van der Waals surface area contributed by atoms with E-state index in [0.717, 1.165) is 33.5 Å². The Hall–Kier alpha value is -1.63. The summed E-state index contributed by atoms with van der Waals surface area (Å²) in [5, 5.41) is 4.89. The third-order valence-corrected chi connectivity index (χ3v) is 5.55. The van der Waals surface area contributed by atoms with Crippen LogP contribution in [0.4, 0.5) is 0 Å². The first-order valence-corrected chi connectivity index (χ1v) is 10.0. The maximum Gasteiger partial charge on any atom is 0.169 e. The van der Waals surface area contributed by atoms with Crippen molar-refractivity contribution in [1.82, 2.24) is 19.5 Å². The van der Waals surface area contributed by atoms with Crippen molar-refractivity contribution in [2.24, 2.45) is 0 Å². The van der Waals surface area contributed by atoms with Crippen LogP contribution in [0.3, 0.4) is 0 Å². The van der Waals surface area contributed by atoms with Crippen LogP contribution >= 0.6 is 27.5 Å². The molecule has 136 valence electrons. The summed E-state index contributed by atoms with van der Waals surface area (Å²) >= 11 is 9.87. The third kappa shape index (κ3) is 3.87. The van der Waals surface area contributed by atoms with E-state index in [-0.39, 0.29) is 0 Å². The van der Waals surface area contributed by atoms with Crippen molar-refractivity contribution in [2.45, 2.75) is 19.3 Å². The second kappa shape index (κ2) is 7.94. The molecule has 1 saturated heterocycles. The smallest absolute Gasteiger partial charge is 0.169 e. The van der Waals surface area contributed by atoms with E-state index >= 15 is 0 Å². The van der Waals surface area contributed by atoms with Gasteiger partial charge in [-0.15, -0.1) is 0 Å². The number of aromatic nitrogens is 3. The van der Waals surface area contributed by atoms with Crippen LogP contribution in [0.1, 0.15) is 19.3 Å². The molecule has 3 aromatic rings. The molecule has 0 saturated carbocycles. The van der Waals surface area contributed by atoms with Crippen molar-refractivity contribution in [1.29, 1.82) is 0 Å². The van der Waals surface area contributed by atoms with Crippen LogP contribution < -0.4 is 4.74 Å². The minimum Gasteiger partial charge on any atom is -0.491 e. The standard InChI is InChI=1S/C19H20BrClN4O/c20-16-12-23-25-13-15(11-22-19(16)25)14-4-5-18(17(21)10-14)26-9-8-24-6-2-1-3-7-24/h4-5,10-13H,1-3,6-9H2. The maximum absolute atomic E-state index is 6.43. The van der Waals surface area contributed by atoms with Gasteiger partial charge in [0.25, 0.3) is 0 Å². The monoisotopic (exact) mass is 434 g/mol. The van der Waals surface area contributed by atoms with E-state index < -0.39 is 0 Å². The van der Waals surface area contributed by atoms with Gasteiger partial charge in [-0.1, -0.05) is 24.1 Å². The van der Waals surface area contributed by atoms with Crippen molar-refractivity contribution in [3.8, 4) is 16.9 Å². The van der Waals surface area contributed by atoms with E-state index in [1.54, 1.807) is 10.7 Å². The predicted octanol–water partition coefficient (Wildman–Crippen LogP) is 4.68. The molecule has 0 aliphatic carbocycles. The van der Waals surface area contributed by atoms with Crippen LogP contribution in [-0.4, -0.2) is 45.7 Å². The van der Waals surface area contributed by atoms with E-state index in [2.05, 4.69) is 30.9 Å². The summed E-state index contributed by atoms with van der Waals surface area (Å²) in [7, 11) is 0. The molecule has 26 heavy (non-hydrogen) atoms. The lowest BCUT2D eigenvalue weighted by molar-refractivity contribution is 0.183. The SMILES string of the molecule is Clc1cc(-c2cnc3c(Br)cnn3c2)ccc1OCCN1CCCCC1. The molecule has 1 aromatic carbocycles. The van der Waals surface area contributed by atoms with Crippen molar-refractivity contribution in [2.75, 3.05) is 26.2 Å². The van der Waals surface area contributed by atoms with E-state index in [4.69, 9.17) is 16.3 Å². The number of nitrogens with zero attached hydrogens (tertiary/aromatic N) is 4. The normalized spacial score (nSPS) is 15.5. The van der Waals surface area contributed by atoms with Crippen molar-refractivity contribution in [3.63, 3.8) is 0 Å². The Bertz CT molecular complexity index is 908. The first-order valence-electron chi connectivity index (χ1n) is 8.85. The minimum absolute atomic E-state index is 0.614. The van der Waals surface area contributed by atoms with Crippen LogP contribution in [0.5, 0.6) is 5.75 Å². The van der Waals surface area contributed by atoms with Gasteiger partial charge >= 0.3 is 0 Å². The maximum atomic E-state index is 6.43. The highest BCUT2D eigenvalue weighted by molar-refractivity contribution is 9.10. The Balaban J connectivity index is 1.44. The van der Waals surface area contributed by atoms with Crippen LogP contribution in [0, 0.1) is 0 Å². The molecule has 3 heterocycles. The molecule has 4 rings (SSSR count). The van der Waals surface area contributed by atoms with Crippen LogP contribution in [0.2, 0.25) is 5.02 Å². The highest BCUT2D eigenvalue weighted by Gasteiger charge is 2.11. The van der Waals surface area contributed by atoms with Gasteiger partial charge in [0.1, 0.15) is 12.4 Å². The molecule has 0 N–H and O–H groups in total. The first-order chi connectivity index (χ1) is 12.7. The summed E-state index contributed by atoms with van der Waals surface area (Å²) < 4.78 is 8.51. The number of hydrogen-bond acceptors (Lipinski definition) is 4. The van der Waals surface area contributed by atoms with Gasteiger partial charge < -0.3 is 4.74 Å². The van der Waals surface area contributed by atoms with E-state index in [1.807, 2.05) is 30.6 Å². The molecular weight excluding hydrogens is 416 g/mol. The largest absolute Gasteiger partial charge is 0.491 e. The highest BCUT2D eigenvalue weighted by atomic mass is 79.9. The van der Waals surface area contributed by atoms with E-state index in [1.165, 1.54) is 32.4 Å². The third-order valence-electron chi connectivity index (χ3n) is 4.69. The lowest BCUT2D eigenvalue weighted by Crippen LogP contribution is -2.33. The van der Waals surface area contributed by atoms with Crippen molar-refractivity contribution >= 4 is 33.2 Å². The van der Waals surface area contributed by atoms with Crippen molar-refractivity contribution < 1.29 is 4.74 Å². The average molecular weight is 436 g/mol. The Morgan fingerprint density at radius 3 is 2.77 bits per heavy atom. The minimum atomic E-state index is 0.614. The molecule has 2 aromatic heterocycles. The fourth-order valence-electron chi connectivity index (χ4n) is 3.26. The zero-order valence-corrected chi connectivity index (χ0v) is 16.7. The van der Waals surface area contributed by atoms with Crippen LogP contribution in [-0.2, 0) is 0 Å². The molecule has 1 fully saturated rings. The summed E-state index contributed by atoms with van der Waals surface area (Å²) in [6.45, 7) is 3.96. The molecule has 0 amide bonds. The molecule has 1 aliphatic heterocycles. The average Bonchev–Trinajstić information content (AvgIpc) is 3.04. The van der Waals surface area contributed by atoms with Gasteiger partial charge in [-0.05, 0) is 59.6 Å². The van der Waals surface area contributed by atoms with Gasteiger partial charge in [0.05, 0.1) is 15.7 Å². The molecule has 0 bridgehead atoms. The summed E-state index contributed by atoms with van der Waals surface area (Å²) in [6, 6.07) is 5.85. The first kappa shape index (κ1) is 17.8. The molecule has 7 heteroatoms. The van der Waals surface area contributed by atoms with Gasteiger partial charge in [0.15, 0.2) is 5.65 Å². The quantitative estimate of drug-likeness (QED) is 0.584. The Kier molecular flexibility index (Phi) is 5.43. The summed E-state index contributed by atoms with van der Waals surface area (Å²) in [6.07, 6.45) is 9.43. The molecule has 0 spiro atoms. The fraction of sp³-hybridized carbons (Fsp3) is 0.368. The van der Waals surface area contributed by atoms with E-state index in [9.17, 15) is 0 Å². The van der Waals surface area contributed by atoms with Crippen LogP contribution in [0.15, 0.2) is 41.3 Å². The predicted molar refractivity (Wildman–Crippen MR) is 107 cm³/mol. The number of hydrogen-bond donors (Lipinski definition) is 0. The topological polar surface area (TPSA) is 42.7 Å². The van der Waals surface area contributed by atoms with E-state index in [0.29, 0.717) is 11.6 Å². The van der Waals surface area contributed by atoms with Gasteiger partial charge in [-0.3, -0.25) is 4.90 Å². The van der Waals surface area contributed by atoms with Gasteiger partial charge in [-0.2, -0.15) is 5.10 Å². The lowest BCUT2D eigenvalue weighted by Gasteiger charge is -2.26. The van der Waals surface area contributed by atoms with Gasteiger partial charge in [-0.25, -0.2) is 9.50 Å². The summed E-state index contributed by atoms with van der Waals surface area (Å²) in [4.78, 5) is 6.90. The number of piperidine rings is 1. The molecule has 5 nitrogen and oxygen atoms in total. The number of likely N-dealkylation sites (tertiary alicyclic amines) is 1. The second-order valence-corrected chi connectivity index (χ2v) is 7.76. The molecule has 0 radical (unpaired) electrons. The van der Waals surface area contributed by atoms with Crippen LogP contribution in [0.25, 0.3) is 16.8 Å². The second-order valence-electron chi connectivity index (χ2n) is 6.50. The molecular formula is C19H20BrClN4O. The van der Waals surface area contributed by atoms with Crippen molar-refractivity contribution in [3.05, 3.63) is 46.3 Å². The number of benzene rings is 1. The summed E-state index contributed by atoms with van der Waals surface area (Å²) in [5.74, 6) is 0.725. The Morgan fingerprint density at radius 1 is 1.12 bits per heavy atom.